The lowest BCUT2D eigenvalue weighted by atomic mass is 9.79. The zero-order chi connectivity index (χ0) is 19.1. The SMILES string of the molecule is CC(C)[C@H]([CH]C(C)(C)C)c1nc2cc(-c3ccnc(F)c3)sc2c(=O)[nH]1. The smallest absolute Gasteiger partial charge is 0.268 e. The fourth-order valence-electron chi connectivity index (χ4n) is 2.94. The summed E-state index contributed by atoms with van der Waals surface area (Å²) in [7, 11) is 0. The average Bonchev–Trinajstić information content (AvgIpc) is 2.96. The molecular formula is C20H23FN3OS. The summed E-state index contributed by atoms with van der Waals surface area (Å²) in [4.78, 5) is 24.7. The van der Waals surface area contributed by atoms with Crippen LogP contribution >= 0.6 is 11.3 Å². The van der Waals surface area contributed by atoms with Gasteiger partial charge in [-0.2, -0.15) is 4.39 Å². The molecule has 3 rings (SSSR count). The lowest BCUT2D eigenvalue weighted by Gasteiger charge is -2.27. The van der Waals surface area contributed by atoms with Crippen LogP contribution in [-0.4, -0.2) is 15.0 Å². The van der Waals surface area contributed by atoms with E-state index in [1.165, 1.54) is 23.6 Å². The van der Waals surface area contributed by atoms with Crippen LogP contribution < -0.4 is 5.56 Å². The van der Waals surface area contributed by atoms with Crippen LogP contribution in [-0.2, 0) is 0 Å². The van der Waals surface area contributed by atoms with Crippen molar-refractivity contribution in [2.45, 2.75) is 40.5 Å². The van der Waals surface area contributed by atoms with Gasteiger partial charge in [0, 0.05) is 23.1 Å². The van der Waals surface area contributed by atoms with Crippen LogP contribution in [0.1, 0.15) is 46.4 Å². The second kappa shape index (κ2) is 6.91. The molecule has 26 heavy (non-hydrogen) atoms. The molecule has 0 unspecified atom stereocenters. The Morgan fingerprint density at radius 1 is 1.27 bits per heavy atom. The minimum atomic E-state index is -0.540. The Labute approximate surface area is 156 Å². The van der Waals surface area contributed by atoms with Gasteiger partial charge in [-0.05, 0) is 35.4 Å². The number of nitrogens with one attached hydrogen (secondary N) is 1. The van der Waals surface area contributed by atoms with E-state index in [-0.39, 0.29) is 16.9 Å². The number of hydrogen-bond donors (Lipinski definition) is 1. The molecule has 3 aromatic heterocycles. The number of thiophene rings is 1. The number of aromatic amines is 1. The molecule has 1 radical (unpaired) electrons. The predicted molar refractivity (Wildman–Crippen MR) is 105 cm³/mol. The Kier molecular flexibility index (Phi) is 4.97. The lowest BCUT2D eigenvalue weighted by molar-refractivity contribution is 0.397. The average molecular weight is 372 g/mol. The van der Waals surface area contributed by atoms with E-state index in [1.807, 2.05) is 6.07 Å². The number of hydrogen-bond acceptors (Lipinski definition) is 4. The maximum absolute atomic E-state index is 13.4. The van der Waals surface area contributed by atoms with E-state index in [0.29, 0.717) is 27.5 Å². The van der Waals surface area contributed by atoms with Crippen molar-refractivity contribution in [2.24, 2.45) is 11.3 Å². The molecule has 0 saturated carbocycles. The van der Waals surface area contributed by atoms with E-state index in [2.05, 4.69) is 51.0 Å². The highest BCUT2D eigenvalue weighted by atomic mass is 32.1. The van der Waals surface area contributed by atoms with Gasteiger partial charge in [0.15, 0.2) is 0 Å². The van der Waals surface area contributed by atoms with Crippen molar-refractivity contribution < 1.29 is 4.39 Å². The van der Waals surface area contributed by atoms with Gasteiger partial charge in [0.1, 0.15) is 10.5 Å². The molecule has 0 saturated heterocycles. The number of pyridine rings is 1. The molecule has 3 aromatic rings. The highest BCUT2D eigenvalue weighted by molar-refractivity contribution is 7.22. The molecule has 137 valence electrons. The van der Waals surface area contributed by atoms with Crippen LogP contribution in [0.25, 0.3) is 20.7 Å². The standard InChI is InChI=1S/C20H23FN3OS/c1-11(2)13(10-20(3,4)5)18-23-14-9-15(26-17(14)19(25)24-18)12-6-7-22-16(21)8-12/h6-11,13H,1-5H3,(H,23,24,25)/t13-/m0/s1. The minimum Gasteiger partial charge on any atom is -0.309 e. The molecular weight excluding hydrogens is 349 g/mol. The van der Waals surface area contributed by atoms with E-state index in [9.17, 15) is 9.18 Å². The molecule has 1 N–H and O–H groups in total. The largest absolute Gasteiger partial charge is 0.309 e. The van der Waals surface area contributed by atoms with Crippen molar-refractivity contribution in [1.29, 1.82) is 0 Å². The summed E-state index contributed by atoms with van der Waals surface area (Å²) < 4.78 is 14.0. The van der Waals surface area contributed by atoms with E-state index < -0.39 is 5.95 Å². The van der Waals surface area contributed by atoms with Crippen molar-refractivity contribution in [3.63, 3.8) is 0 Å². The molecule has 1 atom stereocenters. The zero-order valence-corrected chi connectivity index (χ0v) is 16.4. The van der Waals surface area contributed by atoms with Crippen LogP contribution in [0.3, 0.4) is 0 Å². The Bertz CT molecular complexity index is 985. The van der Waals surface area contributed by atoms with Crippen molar-refractivity contribution in [3.8, 4) is 10.4 Å². The van der Waals surface area contributed by atoms with Gasteiger partial charge in [-0.15, -0.1) is 11.3 Å². The van der Waals surface area contributed by atoms with Gasteiger partial charge in [0.05, 0.1) is 5.52 Å². The summed E-state index contributed by atoms with van der Waals surface area (Å²) in [5.41, 5.74) is 1.21. The van der Waals surface area contributed by atoms with Crippen LogP contribution in [0.4, 0.5) is 4.39 Å². The van der Waals surface area contributed by atoms with Gasteiger partial charge in [-0.1, -0.05) is 34.6 Å². The van der Waals surface area contributed by atoms with Crippen molar-refractivity contribution >= 4 is 21.6 Å². The molecule has 3 heterocycles. The second-order valence-corrected chi connectivity index (χ2v) is 9.00. The second-order valence-electron chi connectivity index (χ2n) is 7.95. The summed E-state index contributed by atoms with van der Waals surface area (Å²) in [6.45, 7) is 10.7. The van der Waals surface area contributed by atoms with Crippen LogP contribution in [0.15, 0.2) is 29.2 Å². The van der Waals surface area contributed by atoms with Crippen molar-refractivity contribution in [1.82, 2.24) is 15.0 Å². The number of halogens is 1. The summed E-state index contributed by atoms with van der Waals surface area (Å²) >= 11 is 1.32. The van der Waals surface area contributed by atoms with Gasteiger partial charge in [-0.3, -0.25) is 4.79 Å². The first kappa shape index (κ1) is 18.7. The highest BCUT2D eigenvalue weighted by Gasteiger charge is 2.26. The van der Waals surface area contributed by atoms with Gasteiger partial charge in [0.25, 0.3) is 5.56 Å². The number of aromatic nitrogens is 3. The van der Waals surface area contributed by atoms with Crippen LogP contribution in [0.2, 0.25) is 0 Å². The number of H-pyrrole nitrogens is 1. The Balaban J connectivity index is 2.08. The van der Waals surface area contributed by atoms with Crippen LogP contribution in [0.5, 0.6) is 0 Å². The summed E-state index contributed by atoms with van der Waals surface area (Å²) in [6.07, 6.45) is 3.65. The Morgan fingerprint density at radius 3 is 2.62 bits per heavy atom. The minimum absolute atomic E-state index is 0.0107. The lowest BCUT2D eigenvalue weighted by Crippen LogP contribution is -2.22. The van der Waals surface area contributed by atoms with Gasteiger partial charge < -0.3 is 4.98 Å². The molecule has 0 aromatic carbocycles. The number of nitrogens with zero attached hydrogens (tertiary/aromatic N) is 2. The molecule has 0 bridgehead atoms. The molecule has 0 fully saturated rings. The van der Waals surface area contributed by atoms with Gasteiger partial charge >= 0.3 is 0 Å². The third kappa shape index (κ3) is 4.01. The van der Waals surface area contributed by atoms with Crippen molar-refractivity contribution in [2.75, 3.05) is 0 Å². The first-order valence-corrected chi connectivity index (χ1v) is 9.47. The Hall–Kier alpha value is -2.08. The third-order valence-corrected chi connectivity index (χ3v) is 5.30. The van der Waals surface area contributed by atoms with Gasteiger partial charge in [-0.25, -0.2) is 9.97 Å². The highest BCUT2D eigenvalue weighted by Crippen LogP contribution is 2.35. The van der Waals surface area contributed by atoms with E-state index in [0.717, 1.165) is 4.88 Å². The molecule has 0 aliphatic carbocycles. The van der Waals surface area contributed by atoms with Gasteiger partial charge in [0.2, 0.25) is 5.95 Å². The number of rotatable bonds is 4. The molecule has 0 aliphatic rings. The molecule has 0 aliphatic heterocycles. The quantitative estimate of drug-likeness (QED) is 0.642. The number of fused-ring (bicyclic) bond motifs is 1. The fraction of sp³-hybridized carbons (Fsp3) is 0.400. The fourth-order valence-corrected chi connectivity index (χ4v) is 3.93. The van der Waals surface area contributed by atoms with Crippen LogP contribution in [0, 0.1) is 23.7 Å². The molecule has 6 heteroatoms. The maximum atomic E-state index is 13.4. The first-order chi connectivity index (χ1) is 12.1. The zero-order valence-electron chi connectivity index (χ0n) is 15.6. The predicted octanol–water partition coefficient (Wildman–Crippen LogP) is 5.18. The first-order valence-electron chi connectivity index (χ1n) is 8.66. The van der Waals surface area contributed by atoms with E-state index >= 15 is 0 Å². The molecule has 0 spiro atoms. The Morgan fingerprint density at radius 2 is 2.00 bits per heavy atom. The van der Waals surface area contributed by atoms with Crippen molar-refractivity contribution in [3.05, 3.63) is 52.9 Å². The van der Waals surface area contributed by atoms with E-state index in [4.69, 9.17) is 4.98 Å². The van der Waals surface area contributed by atoms with E-state index in [1.54, 1.807) is 6.07 Å². The summed E-state index contributed by atoms with van der Waals surface area (Å²) in [5, 5.41) is 0. The summed E-state index contributed by atoms with van der Waals surface area (Å²) in [6, 6.07) is 4.94. The molecule has 0 amide bonds. The third-order valence-electron chi connectivity index (χ3n) is 4.13. The maximum Gasteiger partial charge on any atom is 0.268 e. The summed E-state index contributed by atoms with van der Waals surface area (Å²) in [5.74, 6) is 0.496. The monoisotopic (exact) mass is 372 g/mol. The molecule has 4 nitrogen and oxygen atoms in total. The normalized spacial score (nSPS) is 13.5. The topological polar surface area (TPSA) is 58.6 Å².